The first-order valence-corrected chi connectivity index (χ1v) is 7.51. The zero-order valence-electron chi connectivity index (χ0n) is 11.4. The number of methoxy groups -OCH3 is 1. The lowest BCUT2D eigenvalue weighted by atomic mass is 10.2. The molecule has 0 aliphatic carbocycles. The highest BCUT2D eigenvalue weighted by atomic mass is 79.9. The Labute approximate surface area is 126 Å². The van der Waals surface area contributed by atoms with Crippen molar-refractivity contribution in [1.29, 1.82) is 0 Å². The standard InChI is InChI=1S/C14H17BrN4O/c1-20-12-5-4-11(15)7-10(12)8-16-9-14-18-17-13-3-2-6-19(13)14/h4-5,7,16H,2-3,6,8-9H2,1H3. The van der Waals surface area contributed by atoms with Gasteiger partial charge in [-0.05, 0) is 24.6 Å². The quantitative estimate of drug-likeness (QED) is 0.910. The predicted molar refractivity (Wildman–Crippen MR) is 79.6 cm³/mol. The van der Waals surface area contributed by atoms with Crippen molar-refractivity contribution in [3.8, 4) is 5.75 Å². The molecule has 1 aliphatic rings. The number of fused-ring (bicyclic) bond motifs is 1. The first kappa shape index (κ1) is 13.6. The van der Waals surface area contributed by atoms with Crippen LogP contribution in [-0.4, -0.2) is 21.9 Å². The lowest BCUT2D eigenvalue weighted by Crippen LogP contribution is -2.17. The smallest absolute Gasteiger partial charge is 0.147 e. The molecule has 2 heterocycles. The van der Waals surface area contributed by atoms with Gasteiger partial charge in [-0.1, -0.05) is 15.9 Å². The summed E-state index contributed by atoms with van der Waals surface area (Å²) in [4.78, 5) is 0. The highest BCUT2D eigenvalue weighted by molar-refractivity contribution is 9.10. The van der Waals surface area contributed by atoms with Gasteiger partial charge in [0, 0.05) is 29.5 Å². The number of hydrogen-bond acceptors (Lipinski definition) is 4. The highest BCUT2D eigenvalue weighted by Crippen LogP contribution is 2.23. The molecule has 0 fully saturated rings. The number of hydrogen-bond donors (Lipinski definition) is 1. The molecule has 0 saturated heterocycles. The summed E-state index contributed by atoms with van der Waals surface area (Å²) in [6.07, 6.45) is 2.23. The second kappa shape index (κ2) is 5.93. The number of nitrogens with one attached hydrogen (secondary N) is 1. The van der Waals surface area contributed by atoms with E-state index in [4.69, 9.17) is 4.74 Å². The lowest BCUT2D eigenvalue weighted by molar-refractivity contribution is 0.407. The van der Waals surface area contributed by atoms with Gasteiger partial charge in [-0.3, -0.25) is 0 Å². The summed E-state index contributed by atoms with van der Waals surface area (Å²) in [5.41, 5.74) is 1.13. The second-order valence-corrected chi connectivity index (χ2v) is 5.76. The Morgan fingerprint density at radius 2 is 2.25 bits per heavy atom. The Morgan fingerprint density at radius 3 is 3.10 bits per heavy atom. The average Bonchev–Trinajstić information content (AvgIpc) is 3.03. The monoisotopic (exact) mass is 336 g/mol. The molecule has 20 heavy (non-hydrogen) atoms. The fourth-order valence-corrected chi connectivity index (χ4v) is 2.94. The molecule has 3 rings (SSSR count). The summed E-state index contributed by atoms with van der Waals surface area (Å²) < 4.78 is 8.64. The lowest BCUT2D eigenvalue weighted by Gasteiger charge is -2.10. The third kappa shape index (κ3) is 2.71. The summed E-state index contributed by atoms with van der Waals surface area (Å²) in [5, 5.41) is 11.9. The number of rotatable bonds is 5. The SMILES string of the molecule is COc1ccc(Br)cc1CNCc1nnc2n1CCC2. The van der Waals surface area contributed by atoms with Crippen molar-refractivity contribution in [2.75, 3.05) is 7.11 Å². The highest BCUT2D eigenvalue weighted by Gasteiger charge is 2.16. The molecular formula is C14H17BrN4O. The molecule has 106 valence electrons. The predicted octanol–water partition coefficient (Wildman–Crippen LogP) is 2.29. The van der Waals surface area contributed by atoms with Crippen molar-refractivity contribution in [2.45, 2.75) is 32.5 Å². The number of nitrogens with zero attached hydrogens (tertiary/aromatic N) is 3. The maximum atomic E-state index is 5.37. The maximum Gasteiger partial charge on any atom is 0.147 e. The van der Waals surface area contributed by atoms with Crippen molar-refractivity contribution >= 4 is 15.9 Å². The molecule has 1 aliphatic heterocycles. The van der Waals surface area contributed by atoms with Crippen molar-refractivity contribution in [2.24, 2.45) is 0 Å². The molecule has 1 aromatic carbocycles. The average molecular weight is 337 g/mol. The van der Waals surface area contributed by atoms with E-state index in [1.54, 1.807) is 7.11 Å². The topological polar surface area (TPSA) is 52.0 Å². The summed E-state index contributed by atoms with van der Waals surface area (Å²) in [6.45, 7) is 2.51. The van der Waals surface area contributed by atoms with Crippen LogP contribution in [0.25, 0.3) is 0 Å². The van der Waals surface area contributed by atoms with Crippen LogP contribution in [0.4, 0.5) is 0 Å². The second-order valence-electron chi connectivity index (χ2n) is 4.85. The van der Waals surface area contributed by atoms with E-state index in [-0.39, 0.29) is 0 Å². The molecule has 1 N–H and O–H groups in total. The Bertz CT molecular complexity index is 611. The summed E-state index contributed by atoms with van der Waals surface area (Å²) in [6, 6.07) is 6.02. The van der Waals surface area contributed by atoms with Crippen LogP contribution in [0.2, 0.25) is 0 Å². The van der Waals surface area contributed by atoms with Crippen molar-refractivity contribution < 1.29 is 4.74 Å². The first-order valence-electron chi connectivity index (χ1n) is 6.72. The summed E-state index contributed by atoms with van der Waals surface area (Å²) in [5.74, 6) is 3.03. The van der Waals surface area contributed by atoms with Crippen molar-refractivity contribution in [3.63, 3.8) is 0 Å². The number of halogens is 1. The molecular weight excluding hydrogens is 320 g/mol. The molecule has 5 nitrogen and oxygen atoms in total. The molecule has 0 radical (unpaired) electrons. The van der Waals surface area contributed by atoms with Crippen LogP contribution in [0, 0.1) is 0 Å². The Balaban J connectivity index is 1.64. The third-order valence-electron chi connectivity index (χ3n) is 3.53. The van der Waals surface area contributed by atoms with Gasteiger partial charge in [0.1, 0.15) is 17.4 Å². The fourth-order valence-electron chi connectivity index (χ4n) is 2.54. The van der Waals surface area contributed by atoms with E-state index >= 15 is 0 Å². The third-order valence-corrected chi connectivity index (χ3v) is 4.02. The molecule has 6 heteroatoms. The van der Waals surface area contributed by atoms with E-state index in [9.17, 15) is 0 Å². The minimum absolute atomic E-state index is 0.725. The molecule has 0 spiro atoms. The van der Waals surface area contributed by atoms with Crippen LogP contribution >= 0.6 is 15.9 Å². The zero-order valence-corrected chi connectivity index (χ0v) is 13.0. The van der Waals surface area contributed by atoms with E-state index in [2.05, 4.69) is 42.1 Å². The van der Waals surface area contributed by atoms with Gasteiger partial charge in [0.25, 0.3) is 0 Å². The van der Waals surface area contributed by atoms with Gasteiger partial charge in [0.15, 0.2) is 0 Å². The Morgan fingerprint density at radius 1 is 1.35 bits per heavy atom. The van der Waals surface area contributed by atoms with Gasteiger partial charge in [0.2, 0.25) is 0 Å². The Kier molecular flexibility index (Phi) is 4.03. The molecule has 0 amide bonds. The zero-order chi connectivity index (χ0) is 13.9. The van der Waals surface area contributed by atoms with Crippen LogP contribution in [0.1, 0.15) is 23.6 Å². The largest absolute Gasteiger partial charge is 0.496 e. The van der Waals surface area contributed by atoms with Gasteiger partial charge >= 0.3 is 0 Å². The molecule has 0 atom stereocenters. The van der Waals surface area contributed by atoms with Gasteiger partial charge in [0.05, 0.1) is 13.7 Å². The minimum atomic E-state index is 0.725. The van der Waals surface area contributed by atoms with Gasteiger partial charge in [-0.25, -0.2) is 0 Å². The maximum absolute atomic E-state index is 5.37. The fraction of sp³-hybridized carbons (Fsp3) is 0.429. The van der Waals surface area contributed by atoms with Crippen LogP contribution in [0.3, 0.4) is 0 Å². The molecule has 0 saturated carbocycles. The van der Waals surface area contributed by atoms with Crippen LogP contribution in [-0.2, 0) is 26.1 Å². The van der Waals surface area contributed by atoms with Gasteiger partial charge < -0.3 is 14.6 Å². The van der Waals surface area contributed by atoms with Crippen LogP contribution in [0.15, 0.2) is 22.7 Å². The summed E-state index contributed by atoms with van der Waals surface area (Å²) in [7, 11) is 1.69. The van der Waals surface area contributed by atoms with E-state index in [1.165, 1.54) is 6.42 Å². The molecule has 1 aromatic heterocycles. The number of benzene rings is 1. The number of aryl methyl sites for hydroxylation is 1. The van der Waals surface area contributed by atoms with E-state index in [1.807, 2.05) is 12.1 Å². The van der Waals surface area contributed by atoms with Crippen LogP contribution < -0.4 is 10.1 Å². The summed E-state index contributed by atoms with van der Waals surface area (Å²) >= 11 is 3.49. The van der Waals surface area contributed by atoms with E-state index in [0.717, 1.165) is 53.5 Å². The normalized spacial score (nSPS) is 13.5. The first-order chi connectivity index (χ1) is 9.78. The van der Waals surface area contributed by atoms with Gasteiger partial charge in [-0.2, -0.15) is 0 Å². The molecule has 2 aromatic rings. The van der Waals surface area contributed by atoms with E-state index < -0.39 is 0 Å². The molecule has 0 bridgehead atoms. The minimum Gasteiger partial charge on any atom is -0.496 e. The van der Waals surface area contributed by atoms with Gasteiger partial charge in [-0.15, -0.1) is 10.2 Å². The molecule has 0 unspecified atom stereocenters. The van der Waals surface area contributed by atoms with Crippen molar-refractivity contribution in [1.82, 2.24) is 20.1 Å². The Hall–Kier alpha value is -1.40. The number of aromatic nitrogens is 3. The van der Waals surface area contributed by atoms with Crippen molar-refractivity contribution in [3.05, 3.63) is 39.9 Å². The van der Waals surface area contributed by atoms with Crippen LogP contribution in [0.5, 0.6) is 5.75 Å². The van der Waals surface area contributed by atoms with E-state index in [0.29, 0.717) is 0 Å². The number of ether oxygens (including phenoxy) is 1.